The summed E-state index contributed by atoms with van der Waals surface area (Å²) in [6, 6.07) is 3.42. The van der Waals surface area contributed by atoms with Gasteiger partial charge in [0.25, 0.3) is 0 Å². The molecule has 148 valence electrons. The minimum atomic E-state index is -4.60. The molecule has 0 bridgehead atoms. The monoisotopic (exact) mass is 429 g/mol. The second-order valence-corrected chi connectivity index (χ2v) is 7.66. The number of alkyl halides is 3. The number of aryl methyl sites for hydroxylation is 1. The Hall–Kier alpha value is -2.39. The van der Waals surface area contributed by atoms with Crippen LogP contribution in [-0.2, 0) is 10.9 Å². The number of aromatic nitrogens is 2. The fraction of sp³-hybridized carbons (Fsp3) is 0.278. The molecular formula is C18H15ClF3N3O2S. The number of fused-ring (bicyclic) bond motifs is 1. The lowest BCUT2D eigenvalue weighted by atomic mass is 10.1. The Labute approximate surface area is 167 Å². The normalized spacial score (nSPS) is 11.9. The van der Waals surface area contributed by atoms with Gasteiger partial charge in [0.1, 0.15) is 21.9 Å². The Morgan fingerprint density at radius 2 is 2.00 bits per heavy atom. The molecular weight excluding hydrogens is 415 g/mol. The molecule has 2 heterocycles. The fourth-order valence-electron chi connectivity index (χ4n) is 2.62. The fourth-order valence-corrected chi connectivity index (χ4v) is 3.82. The average Bonchev–Trinajstić information content (AvgIpc) is 2.93. The van der Waals surface area contributed by atoms with Crippen molar-refractivity contribution in [1.29, 1.82) is 0 Å². The lowest BCUT2D eigenvalue weighted by Crippen LogP contribution is -2.11. The number of hydrogen-bond acceptors (Lipinski definition) is 6. The summed E-state index contributed by atoms with van der Waals surface area (Å²) in [5, 5.41) is 3.14. The van der Waals surface area contributed by atoms with Gasteiger partial charge in [0.05, 0.1) is 22.7 Å². The summed E-state index contributed by atoms with van der Waals surface area (Å²) in [4.78, 5) is 21.3. The van der Waals surface area contributed by atoms with Gasteiger partial charge < -0.3 is 10.1 Å². The van der Waals surface area contributed by atoms with E-state index in [0.717, 1.165) is 17.4 Å². The van der Waals surface area contributed by atoms with Gasteiger partial charge in [-0.15, -0.1) is 11.3 Å². The summed E-state index contributed by atoms with van der Waals surface area (Å²) in [7, 11) is 0. The zero-order chi connectivity index (χ0) is 20.6. The van der Waals surface area contributed by atoms with Crippen LogP contribution in [0.2, 0.25) is 5.02 Å². The number of nitrogens with one attached hydrogen (secondary N) is 1. The van der Waals surface area contributed by atoms with Crippen LogP contribution in [0.5, 0.6) is 0 Å². The summed E-state index contributed by atoms with van der Waals surface area (Å²) in [5.41, 5.74) is -0.579. The summed E-state index contributed by atoms with van der Waals surface area (Å²) in [6.45, 7) is 5.13. The topological polar surface area (TPSA) is 64.1 Å². The standard InChI is InChI=1S/C18H15ClF3N3O2S/c1-8(2)27-17(26)14-9(3)13-15(23-7-24-16(13)28-14)25-12-5-4-10(19)6-11(12)18(20,21)22/h4-8H,1-3H3,(H,23,24,25). The van der Waals surface area contributed by atoms with E-state index in [1.807, 2.05) is 0 Å². The number of rotatable bonds is 4. The van der Waals surface area contributed by atoms with Crippen molar-refractivity contribution in [2.75, 3.05) is 5.32 Å². The van der Waals surface area contributed by atoms with Gasteiger partial charge in [0, 0.05) is 5.02 Å². The van der Waals surface area contributed by atoms with E-state index in [-0.39, 0.29) is 22.6 Å². The molecule has 0 fully saturated rings. The summed E-state index contributed by atoms with van der Waals surface area (Å²) in [5.74, 6) is -0.348. The van der Waals surface area contributed by atoms with E-state index in [4.69, 9.17) is 16.3 Å². The molecule has 3 rings (SSSR count). The first-order valence-corrected chi connectivity index (χ1v) is 9.36. The van der Waals surface area contributed by atoms with Crippen LogP contribution in [0.15, 0.2) is 24.5 Å². The van der Waals surface area contributed by atoms with E-state index in [0.29, 0.717) is 20.7 Å². The van der Waals surface area contributed by atoms with Crippen LogP contribution in [0.1, 0.15) is 34.6 Å². The zero-order valence-electron chi connectivity index (χ0n) is 15.0. The molecule has 0 saturated carbocycles. The van der Waals surface area contributed by atoms with E-state index in [1.54, 1.807) is 20.8 Å². The number of halogens is 4. The van der Waals surface area contributed by atoms with E-state index in [2.05, 4.69) is 15.3 Å². The highest BCUT2D eigenvalue weighted by atomic mass is 35.5. The second-order valence-electron chi connectivity index (χ2n) is 6.23. The minimum Gasteiger partial charge on any atom is -0.459 e. The van der Waals surface area contributed by atoms with Gasteiger partial charge in [0.15, 0.2) is 0 Å². The molecule has 0 aliphatic heterocycles. The van der Waals surface area contributed by atoms with E-state index < -0.39 is 17.7 Å². The average molecular weight is 430 g/mol. The van der Waals surface area contributed by atoms with Crippen LogP contribution < -0.4 is 5.32 Å². The van der Waals surface area contributed by atoms with Crippen molar-refractivity contribution in [3.8, 4) is 0 Å². The van der Waals surface area contributed by atoms with Crippen molar-refractivity contribution in [3.05, 3.63) is 45.6 Å². The van der Waals surface area contributed by atoms with Crippen LogP contribution in [-0.4, -0.2) is 22.0 Å². The second kappa shape index (κ2) is 7.56. The Bertz CT molecular complexity index is 1050. The Kier molecular flexibility index (Phi) is 5.49. The predicted octanol–water partition coefficient (Wildman–Crippen LogP) is 5.98. The largest absolute Gasteiger partial charge is 0.459 e. The van der Waals surface area contributed by atoms with Crippen LogP contribution in [0.3, 0.4) is 0 Å². The lowest BCUT2D eigenvalue weighted by Gasteiger charge is -2.15. The number of thiophene rings is 1. The van der Waals surface area contributed by atoms with Crippen LogP contribution in [0.25, 0.3) is 10.2 Å². The first-order chi connectivity index (χ1) is 13.1. The Balaban J connectivity index is 2.09. The Morgan fingerprint density at radius 3 is 2.64 bits per heavy atom. The molecule has 1 aromatic carbocycles. The van der Waals surface area contributed by atoms with Gasteiger partial charge in [-0.25, -0.2) is 14.8 Å². The van der Waals surface area contributed by atoms with Gasteiger partial charge in [-0.1, -0.05) is 11.6 Å². The van der Waals surface area contributed by atoms with Crippen molar-refractivity contribution in [2.24, 2.45) is 0 Å². The van der Waals surface area contributed by atoms with Crippen molar-refractivity contribution >= 4 is 50.6 Å². The first-order valence-electron chi connectivity index (χ1n) is 8.16. The molecule has 0 radical (unpaired) electrons. The third-order valence-electron chi connectivity index (χ3n) is 3.80. The number of anilines is 2. The lowest BCUT2D eigenvalue weighted by molar-refractivity contribution is -0.136. The number of carbonyl (C=O) groups is 1. The molecule has 0 saturated heterocycles. The molecule has 0 aliphatic rings. The number of esters is 1. The van der Waals surface area contributed by atoms with Gasteiger partial charge >= 0.3 is 12.1 Å². The van der Waals surface area contributed by atoms with Crippen molar-refractivity contribution in [3.63, 3.8) is 0 Å². The number of hydrogen-bond donors (Lipinski definition) is 1. The highest BCUT2D eigenvalue weighted by Gasteiger charge is 2.34. The van der Waals surface area contributed by atoms with Gasteiger partial charge in [0.2, 0.25) is 0 Å². The van der Waals surface area contributed by atoms with Crippen LogP contribution >= 0.6 is 22.9 Å². The summed E-state index contributed by atoms with van der Waals surface area (Å²) < 4.78 is 45.3. The third-order valence-corrected chi connectivity index (χ3v) is 5.21. The smallest absolute Gasteiger partial charge is 0.418 e. The van der Waals surface area contributed by atoms with E-state index >= 15 is 0 Å². The van der Waals surface area contributed by atoms with Gasteiger partial charge in [-0.2, -0.15) is 13.2 Å². The van der Waals surface area contributed by atoms with E-state index in [9.17, 15) is 18.0 Å². The number of carbonyl (C=O) groups excluding carboxylic acids is 1. The predicted molar refractivity (Wildman–Crippen MR) is 102 cm³/mol. The molecule has 0 unspecified atom stereocenters. The molecule has 0 spiro atoms. The van der Waals surface area contributed by atoms with E-state index in [1.165, 1.54) is 18.5 Å². The third kappa shape index (κ3) is 4.05. The highest BCUT2D eigenvalue weighted by molar-refractivity contribution is 7.20. The highest BCUT2D eigenvalue weighted by Crippen LogP contribution is 2.40. The molecule has 0 amide bonds. The zero-order valence-corrected chi connectivity index (χ0v) is 16.6. The SMILES string of the molecule is Cc1c(C(=O)OC(C)C)sc2ncnc(Nc3ccc(Cl)cc3C(F)(F)F)c12. The minimum absolute atomic E-state index is 0.0314. The molecule has 5 nitrogen and oxygen atoms in total. The van der Waals surface area contributed by atoms with Crippen LogP contribution in [0.4, 0.5) is 24.7 Å². The molecule has 0 atom stereocenters. The molecule has 3 aromatic rings. The number of ether oxygens (including phenoxy) is 1. The number of benzene rings is 1. The molecule has 2 aromatic heterocycles. The van der Waals surface area contributed by atoms with Crippen molar-refractivity contribution in [2.45, 2.75) is 33.1 Å². The summed E-state index contributed by atoms with van der Waals surface area (Å²) in [6.07, 6.45) is -3.68. The quantitative estimate of drug-likeness (QED) is 0.517. The van der Waals surface area contributed by atoms with Crippen molar-refractivity contribution < 1.29 is 22.7 Å². The van der Waals surface area contributed by atoms with Gasteiger partial charge in [-0.05, 0) is 44.5 Å². The van der Waals surface area contributed by atoms with Gasteiger partial charge in [-0.3, -0.25) is 0 Å². The van der Waals surface area contributed by atoms with Crippen LogP contribution in [0, 0.1) is 6.92 Å². The Morgan fingerprint density at radius 1 is 1.29 bits per heavy atom. The summed E-state index contributed by atoms with van der Waals surface area (Å²) >= 11 is 6.82. The molecule has 10 heteroatoms. The maximum atomic E-state index is 13.4. The molecule has 1 N–H and O–H groups in total. The maximum Gasteiger partial charge on any atom is 0.418 e. The molecule has 0 aliphatic carbocycles. The molecule has 28 heavy (non-hydrogen) atoms. The first kappa shape index (κ1) is 20.3. The maximum absolute atomic E-state index is 13.4. The van der Waals surface area contributed by atoms with Crippen molar-refractivity contribution in [1.82, 2.24) is 9.97 Å². The number of nitrogens with zero attached hydrogens (tertiary/aromatic N) is 2.